The van der Waals surface area contributed by atoms with Crippen LogP contribution in [0.25, 0.3) is 0 Å². The summed E-state index contributed by atoms with van der Waals surface area (Å²) in [4.78, 5) is 24.2. The molecule has 1 N–H and O–H groups in total. The molecule has 0 aromatic rings. The van der Waals surface area contributed by atoms with Crippen LogP contribution in [0.15, 0.2) is 12.7 Å². The van der Waals surface area contributed by atoms with E-state index in [-0.39, 0.29) is 18.2 Å². The van der Waals surface area contributed by atoms with Gasteiger partial charge in [-0.3, -0.25) is 9.59 Å². The maximum absolute atomic E-state index is 11.5. The number of nitrogens with zero attached hydrogens (tertiary/aromatic N) is 1. The molecule has 0 aromatic heterocycles. The molecule has 4 heteroatoms. The summed E-state index contributed by atoms with van der Waals surface area (Å²) >= 11 is 0. The summed E-state index contributed by atoms with van der Waals surface area (Å²) in [6.45, 7) is 6.66. The lowest BCUT2D eigenvalue weighted by Gasteiger charge is -2.16. The second-order valence-electron chi connectivity index (χ2n) is 3.44. The minimum atomic E-state index is -0.247. The van der Waals surface area contributed by atoms with E-state index in [0.717, 1.165) is 12.8 Å². The van der Waals surface area contributed by atoms with E-state index in [9.17, 15) is 9.59 Å². The van der Waals surface area contributed by atoms with E-state index in [4.69, 9.17) is 0 Å². The summed E-state index contributed by atoms with van der Waals surface area (Å²) in [7, 11) is 1.72. The Hall–Kier alpha value is -1.32. The number of rotatable bonds is 7. The molecule has 0 spiro atoms. The van der Waals surface area contributed by atoms with Crippen molar-refractivity contribution in [3.8, 4) is 0 Å². The van der Waals surface area contributed by atoms with Crippen LogP contribution in [0.1, 0.15) is 26.2 Å². The minimum absolute atomic E-state index is 0.0753. The molecule has 0 aromatic carbocycles. The Morgan fingerprint density at radius 3 is 2.67 bits per heavy atom. The van der Waals surface area contributed by atoms with Gasteiger partial charge in [0.15, 0.2) is 0 Å². The molecule has 4 nitrogen and oxygen atoms in total. The van der Waals surface area contributed by atoms with Crippen LogP contribution in [0.3, 0.4) is 0 Å². The van der Waals surface area contributed by atoms with Crippen LogP contribution in [-0.4, -0.2) is 36.9 Å². The van der Waals surface area contributed by atoms with Crippen molar-refractivity contribution in [1.29, 1.82) is 0 Å². The zero-order valence-corrected chi connectivity index (χ0v) is 9.58. The Bertz CT molecular complexity index is 227. The van der Waals surface area contributed by atoms with Crippen LogP contribution in [0.4, 0.5) is 0 Å². The Labute approximate surface area is 91.3 Å². The van der Waals surface area contributed by atoms with Crippen LogP contribution < -0.4 is 5.32 Å². The number of nitrogens with one attached hydrogen (secondary N) is 1. The molecule has 0 unspecified atom stereocenters. The first-order chi connectivity index (χ1) is 7.11. The highest BCUT2D eigenvalue weighted by molar-refractivity contribution is 5.96. The van der Waals surface area contributed by atoms with E-state index in [1.807, 2.05) is 0 Å². The van der Waals surface area contributed by atoms with Gasteiger partial charge in [-0.25, -0.2) is 0 Å². The normalized spacial score (nSPS) is 9.47. The van der Waals surface area contributed by atoms with Crippen molar-refractivity contribution in [3.63, 3.8) is 0 Å². The van der Waals surface area contributed by atoms with E-state index in [1.165, 1.54) is 0 Å². The number of unbranched alkanes of at least 4 members (excludes halogenated alkanes) is 1. The first kappa shape index (κ1) is 13.7. The molecule has 0 rings (SSSR count). The SMILES string of the molecule is C=CCNC(=O)CC(=O)N(C)CCCC. The van der Waals surface area contributed by atoms with E-state index in [1.54, 1.807) is 18.0 Å². The fraction of sp³-hybridized carbons (Fsp3) is 0.636. The molecule has 86 valence electrons. The highest BCUT2D eigenvalue weighted by Crippen LogP contribution is 1.95. The quantitative estimate of drug-likeness (QED) is 0.504. The fourth-order valence-electron chi connectivity index (χ4n) is 1.04. The number of carbonyl (C=O) groups excluding carboxylic acids is 2. The molecule has 0 aliphatic carbocycles. The third-order valence-corrected chi connectivity index (χ3v) is 2.03. The second-order valence-corrected chi connectivity index (χ2v) is 3.44. The molecular weight excluding hydrogens is 192 g/mol. The molecular formula is C11H20N2O2. The highest BCUT2D eigenvalue weighted by atomic mass is 16.2. The van der Waals surface area contributed by atoms with Crippen molar-refractivity contribution < 1.29 is 9.59 Å². The Morgan fingerprint density at radius 2 is 2.13 bits per heavy atom. The van der Waals surface area contributed by atoms with Gasteiger partial charge in [-0.1, -0.05) is 19.4 Å². The predicted octanol–water partition coefficient (Wildman–Crippen LogP) is 0.937. The third-order valence-electron chi connectivity index (χ3n) is 2.03. The van der Waals surface area contributed by atoms with Crippen LogP contribution in [-0.2, 0) is 9.59 Å². The van der Waals surface area contributed by atoms with Gasteiger partial charge in [0.2, 0.25) is 11.8 Å². The van der Waals surface area contributed by atoms with Gasteiger partial charge in [-0.05, 0) is 6.42 Å². The summed E-state index contributed by atoms with van der Waals surface area (Å²) in [5, 5.41) is 2.57. The van der Waals surface area contributed by atoms with Gasteiger partial charge in [-0.2, -0.15) is 0 Å². The van der Waals surface area contributed by atoms with Crippen molar-refractivity contribution in [2.45, 2.75) is 26.2 Å². The molecule has 0 bridgehead atoms. The maximum atomic E-state index is 11.5. The van der Waals surface area contributed by atoms with Crippen LogP contribution in [0, 0.1) is 0 Å². The Kier molecular flexibility index (Phi) is 7.32. The lowest BCUT2D eigenvalue weighted by Crippen LogP contribution is -2.33. The Morgan fingerprint density at radius 1 is 1.47 bits per heavy atom. The Balaban J connectivity index is 3.79. The van der Waals surface area contributed by atoms with Gasteiger partial charge in [0.25, 0.3) is 0 Å². The third kappa shape index (κ3) is 6.71. The standard InChI is InChI=1S/C11H20N2O2/c1-4-6-8-13(3)11(15)9-10(14)12-7-5-2/h5H,2,4,6-9H2,1,3H3,(H,12,14). The van der Waals surface area contributed by atoms with Gasteiger partial charge in [0, 0.05) is 20.1 Å². The number of hydrogen-bond acceptors (Lipinski definition) is 2. The van der Waals surface area contributed by atoms with E-state index in [2.05, 4.69) is 18.8 Å². The zero-order valence-electron chi connectivity index (χ0n) is 9.58. The van der Waals surface area contributed by atoms with Crippen molar-refractivity contribution in [2.75, 3.05) is 20.1 Å². The van der Waals surface area contributed by atoms with Gasteiger partial charge in [0.05, 0.1) is 0 Å². The maximum Gasteiger partial charge on any atom is 0.231 e. The van der Waals surface area contributed by atoms with Crippen molar-refractivity contribution in [1.82, 2.24) is 10.2 Å². The summed E-state index contributed by atoms with van der Waals surface area (Å²) < 4.78 is 0. The van der Waals surface area contributed by atoms with Crippen molar-refractivity contribution in [2.24, 2.45) is 0 Å². The first-order valence-corrected chi connectivity index (χ1v) is 5.23. The van der Waals surface area contributed by atoms with E-state index < -0.39 is 0 Å². The van der Waals surface area contributed by atoms with Gasteiger partial charge in [0.1, 0.15) is 6.42 Å². The smallest absolute Gasteiger partial charge is 0.231 e. The summed E-state index contributed by atoms with van der Waals surface area (Å²) in [5.41, 5.74) is 0. The van der Waals surface area contributed by atoms with E-state index in [0.29, 0.717) is 13.1 Å². The molecule has 0 fully saturated rings. The average molecular weight is 212 g/mol. The topological polar surface area (TPSA) is 49.4 Å². The fourth-order valence-corrected chi connectivity index (χ4v) is 1.04. The molecule has 0 saturated heterocycles. The molecule has 15 heavy (non-hydrogen) atoms. The predicted molar refractivity (Wildman–Crippen MR) is 60.4 cm³/mol. The van der Waals surface area contributed by atoms with E-state index >= 15 is 0 Å². The molecule has 0 aliphatic rings. The second kappa shape index (κ2) is 8.03. The largest absolute Gasteiger partial charge is 0.352 e. The van der Waals surface area contributed by atoms with Gasteiger partial charge < -0.3 is 10.2 Å². The lowest BCUT2D eigenvalue weighted by molar-refractivity contribution is -0.135. The molecule has 0 saturated carbocycles. The van der Waals surface area contributed by atoms with Gasteiger partial charge >= 0.3 is 0 Å². The lowest BCUT2D eigenvalue weighted by atomic mass is 10.3. The number of carbonyl (C=O) groups is 2. The molecule has 0 heterocycles. The molecule has 0 aliphatic heterocycles. The van der Waals surface area contributed by atoms with Crippen molar-refractivity contribution in [3.05, 3.63) is 12.7 Å². The first-order valence-electron chi connectivity index (χ1n) is 5.23. The monoisotopic (exact) mass is 212 g/mol. The van der Waals surface area contributed by atoms with Crippen LogP contribution in [0.5, 0.6) is 0 Å². The van der Waals surface area contributed by atoms with Crippen molar-refractivity contribution >= 4 is 11.8 Å². The highest BCUT2D eigenvalue weighted by Gasteiger charge is 2.12. The minimum Gasteiger partial charge on any atom is -0.352 e. The van der Waals surface area contributed by atoms with Crippen LogP contribution in [0.2, 0.25) is 0 Å². The molecule has 0 radical (unpaired) electrons. The van der Waals surface area contributed by atoms with Crippen LogP contribution >= 0.6 is 0 Å². The number of hydrogen-bond donors (Lipinski definition) is 1. The average Bonchev–Trinajstić information content (AvgIpc) is 2.22. The number of amides is 2. The summed E-state index contributed by atoms with van der Waals surface area (Å²) in [6, 6.07) is 0. The van der Waals surface area contributed by atoms with Gasteiger partial charge in [-0.15, -0.1) is 6.58 Å². The summed E-state index contributed by atoms with van der Waals surface area (Å²) in [6.07, 6.45) is 3.52. The molecule has 0 atom stereocenters. The molecule has 2 amide bonds. The summed E-state index contributed by atoms with van der Waals surface area (Å²) in [5.74, 6) is -0.381. The zero-order chi connectivity index (χ0) is 11.7.